The van der Waals surface area contributed by atoms with Crippen molar-refractivity contribution in [2.45, 2.75) is 135 Å². The lowest BCUT2D eigenvalue weighted by atomic mass is 10.2. The maximum Gasteiger partial charge on any atom is 0.472 e. The van der Waals surface area contributed by atoms with E-state index in [4.69, 9.17) is 18.5 Å². The van der Waals surface area contributed by atoms with Crippen LogP contribution in [0.1, 0.15) is 123 Å². The maximum atomic E-state index is 12.7. The molecule has 61 heavy (non-hydrogen) atoms. The summed E-state index contributed by atoms with van der Waals surface area (Å²) in [6, 6.07) is 0. The maximum absolute atomic E-state index is 12.7. The van der Waals surface area contributed by atoms with Crippen molar-refractivity contribution < 1.29 is 47.2 Å². The SMILES string of the molecule is CC/C=C\C/C=C\C/C=C\C/C=C\C=C/C(O)C/C=C\CCC(=O)O[C@H](COC(=O)CCC/C=C\C/C=C\C/C=C\C/C=C\CCCCC)COP(=O)(O)OCC[N+](C)(C)C. The summed E-state index contributed by atoms with van der Waals surface area (Å²) in [6.45, 7) is 3.97. The number of hydrogen-bond donors (Lipinski definition) is 2. The third kappa shape index (κ3) is 44.2. The monoisotopic (exact) mass is 871 g/mol. The number of aliphatic hydroxyl groups is 1. The molecule has 0 aliphatic rings. The van der Waals surface area contributed by atoms with Crippen molar-refractivity contribution in [2.75, 3.05) is 47.5 Å². The number of nitrogens with zero attached hydrogens (tertiary/aromatic N) is 1. The highest BCUT2D eigenvalue weighted by atomic mass is 31.2. The van der Waals surface area contributed by atoms with Crippen molar-refractivity contribution in [3.63, 3.8) is 0 Å². The zero-order valence-corrected chi connectivity index (χ0v) is 39.1. The van der Waals surface area contributed by atoms with E-state index in [1.54, 1.807) is 18.2 Å². The van der Waals surface area contributed by atoms with Crippen LogP contribution in [-0.2, 0) is 32.7 Å². The number of likely N-dealkylation sites (N-methyl/N-ethyl adjacent to an activating group) is 1. The van der Waals surface area contributed by atoms with Crippen LogP contribution < -0.4 is 0 Å². The predicted molar refractivity (Wildman–Crippen MR) is 253 cm³/mol. The van der Waals surface area contributed by atoms with Gasteiger partial charge in [0.25, 0.3) is 0 Å². The number of rotatable bonds is 38. The van der Waals surface area contributed by atoms with Gasteiger partial charge in [-0.25, -0.2) is 4.57 Å². The summed E-state index contributed by atoms with van der Waals surface area (Å²) >= 11 is 0. The molecule has 0 fully saturated rings. The zero-order chi connectivity index (χ0) is 45.1. The first-order valence-electron chi connectivity index (χ1n) is 22.4. The number of allylic oxidation sites excluding steroid dienone is 18. The normalized spacial score (nSPS) is 15.2. The number of carbonyl (C=O) groups excluding carboxylic acids is 2. The number of carbonyl (C=O) groups is 2. The van der Waals surface area contributed by atoms with E-state index in [1.165, 1.54) is 19.3 Å². The number of esters is 2. The second-order valence-corrected chi connectivity index (χ2v) is 17.0. The molecule has 2 N–H and O–H groups in total. The van der Waals surface area contributed by atoms with Gasteiger partial charge in [-0.05, 0) is 83.5 Å². The summed E-state index contributed by atoms with van der Waals surface area (Å²) in [5, 5.41) is 10.2. The smallest absolute Gasteiger partial charge is 0.462 e. The first kappa shape index (κ1) is 57.4. The van der Waals surface area contributed by atoms with Gasteiger partial charge in [0.2, 0.25) is 0 Å². The predicted octanol–water partition coefficient (Wildman–Crippen LogP) is 11.9. The topological polar surface area (TPSA) is 129 Å². The summed E-state index contributed by atoms with van der Waals surface area (Å²) in [5.74, 6) is -1.06. The molecular weight excluding hydrogens is 790 g/mol. The van der Waals surface area contributed by atoms with E-state index in [9.17, 15) is 24.2 Å². The fourth-order valence-corrected chi connectivity index (χ4v) is 5.80. The molecule has 0 saturated carbocycles. The Balaban J connectivity index is 4.69. The quantitative estimate of drug-likeness (QED) is 0.0156. The van der Waals surface area contributed by atoms with Crippen LogP contribution in [0.2, 0.25) is 0 Å². The highest BCUT2D eigenvalue weighted by molar-refractivity contribution is 7.47. The van der Waals surface area contributed by atoms with Gasteiger partial charge in [0.05, 0.1) is 33.9 Å². The molecule has 0 aliphatic carbocycles. The third-order valence-electron chi connectivity index (χ3n) is 8.57. The van der Waals surface area contributed by atoms with Gasteiger partial charge >= 0.3 is 19.8 Å². The number of aliphatic hydroxyl groups excluding tert-OH is 1. The Labute approximate surface area is 370 Å². The van der Waals surface area contributed by atoms with Gasteiger partial charge < -0.3 is 24.0 Å². The summed E-state index contributed by atoms with van der Waals surface area (Å²) < 4.78 is 34.1. The number of unbranched alkanes of at least 4 members (excludes halogenated alkanes) is 4. The molecular formula is C50H81NO9P+. The Morgan fingerprint density at radius 3 is 1.72 bits per heavy atom. The molecule has 11 heteroatoms. The second-order valence-electron chi connectivity index (χ2n) is 15.5. The molecule has 0 radical (unpaired) electrons. The lowest BCUT2D eigenvalue weighted by Gasteiger charge is -2.24. The van der Waals surface area contributed by atoms with Crippen LogP contribution in [0.25, 0.3) is 0 Å². The fraction of sp³-hybridized carbons (Fsp3) is 0.560. The van der Waals surface area contributed by atoms with Gasteiger partial charge in [0.15, 0.2) is 6.10 Å². The van der Waals surface area contributed by atoms with Crippen LogP contribution in [0.4, 0.5) is 0 Å². The van der Waals surface area contributed by atoms with Gasteiger partial charge in [-0.15, -0.1) is 0 Å². The minimum absolute atomic E-state index is 0.0146. The molecule has 0 heterocycles. The Bertz CT molecular complexity index is 1460. The molecule has 0 aromatic rings. The van der Waals surface area contributed by atoms with E-state index in [2.05, 4.69) is 92.8 Å². The van der Waals surface area contributed by atoms with E-state index >= 15 is 0 Å². The fourth-order valence-electron chi connectivity index (χ4n) is 5.06. The second kappa shape index (κ2) is 40.4. The highest BCUT2D eigenvalue weighted by Gasteiger charge is 2.27. The lowest BCUT2D eigenvalue weighted by molar-refractivity contribution is -0.870. The van der Waals surface area contributed by atoms with E-state index in [-0.39, 0.29) is 26.1 Å². The van der Waals surface area contributed by atoms with E-state index in [1.807, 2.05) is 45.4 Å². The molecule has 0 spiro atoms. The molecule has 0 rings (SSSR count). The standard InChI is InChI=1S/C50H80NO9P/c1-6-8-10-12-14-16-18-20-21-22-23-25-27-29-31-33-37-41-49(53)57-45-48(46-59-61(55,56)58-44-43-51(3,4)5)60-50(54)42-38-34-36-40-47(52)39-35-32-30-28-26-24-19-17-15-13-11-9-7-2/h9,11,14-17,20-21,23-26,29-32,34-36,39,47-48,52H,6-8,10,12-13,18-19,22,27-28,33,37-38,40-46H2,1-5H3/p+1/b11-9-,16-14-,17-15-,21-20-,25-23-,26-24-,31-29-,32-30-,36-34-,39-35-/t47?,48-/m1/s1. The summed E-state index contributed by atoms with van der Waals surface area (Å²) in [4.78, 5) is 35.4. The number of ether oxygens (including phenoxy) is 2. The molecule has 0 aliphatic heterocycles. The Morgan fingerprint density at radius 1 is 0.607 bits per heavy atom. The van der Waals surface area contributed by atoms with E-state index in [0.29, 0.717) is 36.7 Å². The van der Waals surface area contributed by atoms with Crippen molar-refractivity contribution in [3.05, 3.63) is 122 Å². The minimum Gasteiger partial charge on any atom is -0.462 e. The molecule has 3 atom stereocenters. The molecule has 0 saturated heterocycles. The van der Waals surface area contributed by atoms with Gasteiger partial charge in [0, 0.05) is 12.8 Å². The van der Waals surface area contributed by atoms with Gasteiger partial charge in [-0.1, -0.05) is 148 Å². The Kier molecular flexibility index (Phi) is 38.0. The summed E-state index contributed by atoms with van der Waals surface area (Å²) in [7, 11) is 1.31. The number of phosphoric acid groups is 1. The molecule has 0 amide bonds. The highest BCUT2D eigenvalue weighted by Crippen LogP contribution is 2.43. The van der Waals surface area contributed by atoms with E-state index in [0.717, 1.165) is 51.4 Å². The number of phosphoric ester groups is 1. The van der Waals surface area contributed by atoms with Crippen LogP contribution in [-0.4, -0.2) is 86.1 Å². The molecule has 0 aromatic heterocycles. The van der Waals surface area contributed by atoms with Crippen molar-refractivity contribution in [1.82, 2.24) is 0 Å². The average Bonchev–Trinajstić information content (AvgIpc) is 3.21. The third-order valence-corrected chi connectivity index (χ3v) is 9.55. The van der Waals surface area contributed by atoms with E-state index < -0.39 is 38.6 Å². The van der Waals surface area contributed by atoms with Crippen LogP contribution in [0.5, 0.6) is 0 Å². The van der Waals surface area contributed by atoms with Crippen molar-refractivity contribution in [1.29, 1.82) is 0 Å². The van der Waals surface area contributed by atoms with Gasteiger partial charge in [-0.3, -0.25) is 18.6 Å². The number of quaternary nitrogens is 1. The molecule has 344 valence electrons. The summed E-state index contributed by atoms with van der Waals surface area (Å²) in [5.41, 5.74) is 0. The van der Waals surface area contributed by atoms with Crippen LogP contribution >= 0.6 is 7.82 Å². The van der Waals surface area contributed by atoms with Crippen molar-refractivity contribution >= 4 is 19.8 Å². The van der Waals surface area contributed by atoms with Crippen molar-refractivity contribution in [2.24, 2.45) is 0 Å². The molecule has 2 unspecified atom stereocenters. The first-order chi connectivity index (χ1) is 29.4. The Morgan fingerprint density at radius 2 is 1.15 bits per heavy atom. The van der Waals surface area contributed by atoms with Crippen molar-refractivity contribution in [3.8, 4) is 0 Å². The van der Waals surface area contributed by atoms with Crippen LogP contribution in [0.3, 0.4) is 0 Å². The average molecular weight is 871 g/mol. The van der Waals surface area contributed by atoms with Crippen LogP contribution in [0, 0.1) is 0 Å². The van der Waals surface area contributed by atoms with Gasteiger partial charge in [0.1, 0.15) is 19.8 Å². The lowest BCUT2D eigenvalue weighted by Crippen LogP contribution is -2.37. The molecule has 0 bridgehead atoms. The largest absolute Gasteiger partial charge is 0.472 e. The zero-order valence-electron chi connectivity index (χ0n) is 38.2. The van der Waals surface area contributed by atoms with Gasteiger partial charge in [-0.2, -0.15) is 0 Å². The Hall–Kier alpha value is -3.63. The minimum atomic E-state index is -4.45. The number of hydrogen-bond acceptors (Lipinski definition) is 8. The van der Waals surface area contributed by atoms with Crippen LogP contribution in [0.15, 0.2) is 122 Å². The summed E-state index contributed by atoms with van der Waals surface area (Å²) in [6.07, 6.45) is 52.9. The molecule has 10 nitrogen and oxygen atoms in total. The first-order valence-corrected chi connectivity index (χ1v) is 23.9. The molecule has 0 aromatic carbocycles.